The molecule has 6 nitrogen and oxygen atoms in total. The predicted molar refractivity (Wildman–Crippen MR) is 124 cm³/mol. The first-order valence-electron chi connectivity index (χ1n) is 9.76. The van der Waals surface area contributed by atoms with Crippen LogP contribution in [0.5, 0.6) is 0 Å². The molecule has 154 valence electrons. The van der Waals surface area contributed by atoms with Crippen LogP contribution in [0.4, 0.5) is 5.69 Å². The van der Waals surface area contributed by atoms with Crippen LogP contribution in [0.2, 0.25) is 5.02 Å². The summed E-state index contributed by atoms with van der Waals surface area (Å²) < 4.78 is 1.73. The first kappa shape index (κ1) is 19.7. The second kappa shape index (κ2) is 7.44. The van der Waals surface area contributed by atoms with Gasteiger partial charge in [0.25, 0.3) is 17.4 Å². The van der Waals surface area contributed by atoms with E-state index in [9.17, 15) is 14.4 Å². The highest BCUT2D eigenvalue weighted by atomic mass is 35.5. The smallest absolute Gasteiger partial charge is 0.270 e. The Morgan fingerprint density at radius 3 is 2.61 bits per heavy atom. The maximum absolute atomic E-state index is 13.2. The average molecular weight is 450 g/mol. The van der Waals surface area contributed by atoms with Crippen molar-refractivity contribution in [3.63, 3.8) is 0 Å². The van der Waals surface area contributed by atoms with Gasteiger partial charge in [0.2, 0.25) is 0 Å². The highest BCUT2D eigenvalue weighted by Crippen LogP contribution is 2.26. The lowest BCUT2D eigenvalue weighted by Gasteiger charge is -2.29. The predicted octanol–water partition coefficient (Wildman–Crippen LogP) is 3.43. The average Bonchev–Trinajstić information content (AvgIpc) is 2.75. The third kappa shape index (κ3) is 3.26. The number of pyridine rings is 1. The van der Waals surface area contributed by atoms with E-state index in [4.69, 9.17) is 23.8 Å². The van der Waals surface area contributed by atoms with Crippen LogP contribution >= 0.6 is 23.8 Å². The number of aromatic nitrogens is 1. The third-order valence-electron chi connectivity index (χ3n) is 5.54. The molecule has 0 radical (unpaired) electrons. The Labute approximate surface area is 187 Å². The van der Waals surface area contributed by atoms with Gasteiger partial charge in [-0.25, -0.2) is 0 Å². The zero-order valence-corrected chi connectivity index (χ0v) is 17.8. The number of para-hydroxylation sites is 1. The minimum atomic E-state index is -0.632. The molecule has 0 bridgehead atoms. The van der Waals surface area contributed by atoms with Crippen molar-refractivity contribution in [3.05, 3.63) is 80.6 Å². The van der Waals surface area contributed by atoms with Gasteiger partial charge in [-0.3, -0.25) is 24.6 Å². The summed E-state index contributed by atoms with van der Waals surface area (Å²) in [6.07, 6.45) is 3.14. The van der Waals surface area contributed by atoms with E-state index in [0.29, 0.717) is 17.3 Å². The lowest BCUT2D eigenvalue weighted by Crippen LogP contribution is -2.54. The molecule has 1 fully saturated rings. The van der Waals surface area contributed by atoms with E-state index < -0.39 is 11.8 Å². The molecular formula is C23H16ClN3O3S. The van der Waals surface area contributed by atoms with Crippen LogP contribution in [-0.2, 0) is 22.6 Å². The highest BCUT2D eigenvalue weighted by molar-refractivity contribution is 7.80. The lowest BCUT2D eigenvalue weighted by molar-refractivity contribution is -0.122. The summed E-state index contributed by atoms with van der Waals surface area (Å²) in [5.41, 5.74) is 2.43. The van der Waals surface area contributed by atoms with Gasteiger partial charge in [0, 0.05) is 17.1 Å². The van der Waals surface area contributed by atoms with Crippen molar-refractivity contribution in [2.24, 2.45) is 0 Å². The van der Waals surface area contributed by atoms with Gasteiger partial charge in [0.05, 0.1) is 11.2 Å². The Morgan fingerprint density at radius 1 is 1.06 bits per heavy atom. The van der Waals surface area contributed by atoms with Gasteiger partial charge in [-0.05, 0) is 72.4 Å². The molecule has 1 N–H and O–H groups in total. The van der Waals surface area contributed by atoms with Gasteiger partial charge < -0.3 is 4.57 Å². The monoisotopic (exact) mass is 449 g/mol. The van der Waals surface area contributed by atoms with E-state index in [-0.39, 0.29) is 21.8 Å². The fourth-order valence-electron chi connectivity index (χ4n) is 4.13. The first-order valence-corrected chi connectivity index (χ1v) is 10.5. The second-order valence-corrected chi connectivity index (χ2v) is 8.27. The quantitative estimate of drug-likeness (QED) is 0.369. The highest BCUT2D eigenvalue weighted by Gasteiger charge is 2.34. The number of nitrogens with zero attached hydrogens (tertiary/aromatic N) is 2. The molecule has 2 aromatic carbocycles. The van der Waals surface area contributed by atoms with Crippen molar-refractivity contribution in [2.45, 2.75) is 19.4 Å². The summed E-state index contributed by atoms with van der Waals surface area (Å²) in [6, 6.07) is 14.2. The van der Waals surface area contributed by atoms with Crippen molar-refractivity contribution in [1.82, 2.24) is 9.88 Å². The van der Waals surface area contributed by atoms with Gasteiger partial charge >= 0.3 is 0 Å². The zero-order valence-electron chi connectivity index (χ0n) is 16.2. The number of nitrogens with one attached hydrogen (secondary N) is 1. The Morgan fingerprint density at radius 2 is 1.84 bits per heavy atom. The largest absolute Gasteiger partial charge is 0.307 e. The second-order valence-electron chi connectivity index (χ2n) is 7.45. The third-order valence-corrected chi connectivity index (χ3v) is 6.07. The van der Waals surface area contributed by atoms with Gasteiger partial charge in [-0.15, -0.1) is 0 Å². The van der Waals surface area contributed by atoms with E-state index in [0.717, 1.165) is 29.3 Å². The van der Waals surface area contributed by atoms with Gasteiger partial charge in [-0.1, -0.05) is 29.8 Å². The van der Waals surface area contributed by atoms with E-state index in [2.05, 4.69) is 5.32 Å². The summed E-state index contributed by atoms with van der Waals surface area (Å²) in [5.74, 6) is -1.23. The molecule has 8 heteroatoms. The van der Waals surface area contributed by atoms with Gasteiger partial charge in [0.1, 0.15) is 5.57 Å². The number of amides is 2. The Hall–Kier alpha value is -3.29. The molecule has 1 saturated heterocycles. The maximum Gasteiger partial charge on any atom is 0.270 e. The Kier molecular flexibility index (Phi) is 4.72. The Balaban J connectivity index is 1.64. The fraction of sp³-hybridized carbons (Fsp3) is 0.130. The van der Waals surface area contributed by atoms with E-state index in [1.807, 2.05) is 18.2 Å². The van der Waals surface area contributed by atoms with Crippen molar-refractivity contribution >= 4 is 63.4 Å². The molecule has 0 saturated carbocycles. The Bertz CT molecular complexity index is 1380. The summed E-state index contributed by atoms with van der Waals surface area (Å²) in [4.78, 5) is 40.2. The minimum Gasteiger partial charge on any atom is -0.307 e. The molecule has 0 unspecified atom stereocenters. The molecule has 0 aliphatic carbocycles. The summed E-state index contributed by atoms with van der Waals surface area (Å²) in [6.45, 7) is 0.602. The number of hydrogen-bond acceptors (Lipinski definition) is 4. The zero-order chi connectivity index (χ0) is 21.7. The van der Waals surface area contributed by atoms with Gasteiger partial charge in [-0.2, -0.15) is 0 Å². The van der Waals surface area contributed by atoms with E-state index in [1.165, 1.54) is 11.0 Å². The molecule has 2 aliphatic rings. The van der Waals surface area contributed by atoms with E-state index in [1.54, 1.807) is 34.9 Å². The normalized spacial score (nSPS) is 17.4. The molecule has 1 aromatic heterocycles. The van der Waals surface area contributed by atoms with Crippen molar-refractivity contribution < 1.29 is 9.59 Å². The SMILES string of the molecule is O=C1NC(=S)N(c2ccc(Cl)cc2)C(=O)/C1=C\c1cc2cccc3c2n(c1=O)CCC3. The van der Waals surface area contributed by atoms with Crippen molar-refractivity contribution in [3.8, 4) is 0 Å². The number of hydrogen-bond donors (Lipinski definition) is 1. The molecule has 2 aliphatic heterocycles. The minimum absolute atomic E-state index is 0.0237. The van der Waals surface area contributed by atoms with Crippen LogP contribution in [0.25, 0.3) is 17.0 Å². The molecule has 2 amide bonds. The molecule has 5 rings (SSSR count). The number of thiocarbonyl (C=S) groups is 1. The van der Waals surface area contributed by atoms with Crippen LogP contribution in [0.15, 0.2) is 58.9 Å². The standard InChI is InChI=1S/C23H16ClN3O3S/c24-16-6-8-17(9-7-16)27-22(30)18(20(28)25-23(27)31)12-15-11-14-4-1-3-13-5-2-10-26(19(13)14)21(15)29/h1,3-4,6-9,11-12H,2,5,10H2,(H,25,28,31)/b18-12-. The van der Waals surface area contributed by atoms with Crippen LogP contribution in [0, 0.1) is 0 Å². The maximum atomic E-state index is 13.2. The van der Waals surface area contributed by atoms with Crippen molar-refractivity contribution in [2.75, 3.05) is 4.90 Å². The number of rotatable bonds is 2. The number of anilines is 1. The topological polar surface area (TPSA) is 71.4 Å². The van der Waals surface area contributed by atoms with Crippen molar-refractivity contribution in [1.29, 1.82) is 0 Å². The molecular weight excluding hydrogens is 434 g/mol. The number of carbonyl (C=O) groups excluding carboxylic acids is 2. The summed E-state index contributed by atoms with van der Waals surface area (Å²) in [7, 11) is 0. The molecule has 0 spiro atoms. The van der Waals surface area contributed by atoms with Crippen LogP contribution in [0.3, 0.4) is 0 Å². The fourth-order valence-corrected chi connectivity index (χ4v) is 4.53. The van der Waals surface area contributed by atoms with Crippen LogP contribution < -0.4 is 15.8 Å². The molecule has 31 heavy (non-hydrogen) atoms. The molecule has 0 atom stereocenters. The lowest BCUT2D eigenvalue weighted by atomic mass is 9.99. The molecule has 3 heterocycles. The number of carbonyl (C=O) groups is 2. The number of halogens is 1. The van der Waals surface area contributed by atoms with Crippen LogP contribution in [-0.4, -0.2) is 21.5 Å². The first-order chi connectivity index (χ1) is 14.9. The number of benzene rings is 2. The summed E-state index contributed by atoms with van der Waals surface area (Å²) >= 11 is 11.1. The number of aryl methyl sites for hydroxylation is 2. The molecule has 3 aromatic rings. The van der Waals surface area contributed by atoms with Crippen LogP contribution in [0.1, 0.15) is 17.5 Å². The van der Waals surface area contributed by atoms with E-state index >= 15 is 0 Å². The summed E-state index contributed by atoms with van der Waals surface area (Å²) in [5, 5.41) is 3.92. The van der Waals surface area contributed by atoms with Gasteiger partial charge in [0.15, 0.2) is 5.11 Å².